The van der Waals surface area contributed by atoms with Crippen molar-refractivity contribution in [2.45, 2.75) is 19.4 Å². The van der Waals surface area contributed by atoms with Crippen LogP contribution in [0.3, 0.4) is 0 Å². The summed E-state index contributed by atoms with van der Waals surface area (Å²) in [6.07, 6.45) is 0.563. The number of amides is 2. The molecule has 2 N–H and O–H groups in total. The van der Waals surface area contributed by atoms with Gasteiger partial charge in [0.25, 0.3) is 5.91 Å². The van der Waals surface area contributed by atoms with Gasteiger partial charge in [0, 0.05) is 13.6 Å². The lowest BCUT2D eigenvalue weighted by atomic mass is 10.1. The van der Waals surface area contributed by atoms with Gasteiger partial charge in [0.05, 0.1) is 11.3 Å². The van der Waals surface area contributed by atoms with Gasteiger partial charge in [-0.25, -0.2) is 9.78 Å². The van der Waals surface area contributed by atoms with Gasteiger partial charge in [-0.05, 0) is 25.5 Å². The van der Waals surface area contributed by atoms with Crippen LogP contribution in [-0.2, 0) is 4.79 Å². The quantitative estimate of drug-likeness (QED) is 0.813. The van der Waals surface area contributed by atoms with Gasteiger partial charge in [-0.3, -0.25) is 9.59 Å². The molecule has 106 valence electrons. The fourth-order valence-electron chi connectivity index (χ4n) is 2.10. The summed E-state index contributed by atoms with van der Waals surface area (Å²) < 4.78 is 0. The molecule has 1 aromatic rings. The topological polar surface area (TPSA) is 99.6 Å². The molecule has 1 aliphatic rings. The summed E-state index contributed by atoms with van der Waals surface area (Å²) in [7, 11) is 1.68. The molecule has 7 nitrogen and oxygen atoms in total. The first kappa shape index (κ1) is 14.0. The molecule has 1 unspecified atom stereocenters. The van der Waals surface area contributed by atoms with Crippen LogP contribution in [0.25, 0.3) is 0 Å². The van der Waals surface area contributed by atoms with Crippen LogP contribution in [0.2, 0.25) is 0 Å². The molecule has 20 heavy (non-hydrogen) atoms. The average molecular weight is 277 g/mol. The maximum atomic E-state index is 12.0. The predicted molar refractivity (Wildman–Crippen MR) is 69.4 cm³/mol. The Balaban J connectivity index is 2.12. The fraction of sp³-hybridized carbons (Fsp3) is 0.385. The highest BCUT2D eigenvalue weighted by Crippen LogP contribution is 2.11. The number of nitrogens with one attached hydrogen (secondary N) is 1. The third-order valence-corrected chi connectivity index (χ3v) is 3.28. The fourth-order valence-corrected chi connectivity index (χ4v) is 2.10. The number of carboxylic acids is 1. The van der Waals surface area contributed by atoms with Crippen molar-refractivity contribution in [3.05, 3.63) is 29.1 Å². The molecule has 1 atom stereocenters. The smallest absolute Gasteiger partial charge is 0.337 e. The molecule has 1 saturated heterocycles. The molecule has 0 bridgehead atoms. The van der Waals surface area contributed by atoms with Crippen LogP contribution in [-0.4, -0.2) is 52.4 Å². The number of carbonyl (C=O) groups excluding carboxylic acids is 2. The first-order valence-electron chi connectivity index (χ1n) is 6.17. The highest BCUT2D eigenvalue weighted by atomic mass is 16.4. The molecular formula is C13H15N3O4. The van der Waals surface area contributed by atoms with Gasteiger partial charge >= 0.3 is 5.97 Å². The summed E-state index contributed by atoms with van der Waals surface area (Å²) >= 11 is 0. The van der Waals surface area contributed by atoms with Crippen LogP contribution >= 0.6 is 0 Å². The number of pyridine rings is 1. The highest BCUT2D eigenvalue weighted by Gasteiger charge is 2.30. The van der Waals surface area contributed by atoms with Crippen LogP contribution in [0.1, 0.15) is 33.0 Å². The largest absolute Gasteiger partial charge is 0.478 e. The van der Waals surface area contributed by atoms with E-state index in [0.29, 0.717) is 13.0 Å². The number of rotatable bonds is 3. The molecule has 2 rings (SSSR count). The van der Waals surface area contributed by atoms with Crippen LogP contribution in [0.15, 0.2) is 12.1 Å². The number of carboxylic acid groups (broad SMARTS) is 1. The van der Waals surface area contributed by atoms with Crippen LogP contribution in [0.4, 0.5) is 0 Å². The number of hydrogen-bond acceptors (Lipinski definition) is 4. The number of hydrogen-bond donors (Lipinski definition) is 2. The predicted octanol–water partition coefficient (Wildman–Crippen LogP) is 0.0487. The first-order valence-corrected chi connectivity index (χ1v) is 6.17. The molecule has 2 amide bonds. The van der Waals surface area contributed by atoms with Gasteiger partial charge in [-0.15, -0.1) is 0 Å². The standard InChI is InChI=1S/C13H15N3O4/c1-7-8(13(19)20)3-4-9(14-7)11(17)15-10-5-6-16(2)12(10)18/h3-4,10H,5-6H2,1-2H3,(H,15,17)(H,19,20). The summed E-state index contributed by atoms with van der Waals surface area (Å²) in [5.74, 6) is -1.69. The Morgan fingerprint density at radius 3 is 2.65 bits per heavy atom. The van der Waals surface area contributed by atoms with Crippen molar-refractivity contribution in [3.8, 4) is 0 Å². The molecule has 0 radical (unpaired) electrons. The summed E-state index contributed by atoms with van der Waals surface area (Å²) in [6.45, 7) is 2.13. The second kappa shape index (κ2) is 5.28. The minimum Gasteiger partial charge on any atom is -0.478 e. The average Bonchev–Trinajstić information content (AvgIpc) is 2.70. The lowest BCUT2D eigenvalue weighted by Gasteiger charge is -2.12. The molecule has 0 spiro atoms. The van der Waals surface area contributed by atoms with E-state index in [9.17, 15) is 14.4 Å². The summed E-state index contributed by atoms with van der Waals surface area (Å²) in [5.41, 5.74) is 0.424. The molecule has 7 heteroatoms. The number of aryl methyl sites for hydroxylation is 1. The van der Waals surface area contributed by atoms with E-state index in [2.05, 4.69) is 10.3 Å². The van der Waals surface area contributed by atoms with Crippen molar-refractivity contribution in [1.29, 1.82) is 0 Å². The Hall–Kier alpha value is -2.44. The normalized spacial score (nSPS) is 18.2. The van der Waals surface area contributed by atoms with Gasteiger partial charge in [0.1, 0.15) is 11.7 Å². The number of likely N-dealkylation sites (N-methyl/N-ethyl adjacent to an activating group) is 1. The second-order valence-electron chi connectivity index (χ2n) is 4.71. The zero-order chi connectivity index (χ0) is 14.9. The van der Waals surface area contributed by atoms with E-state index in [0.717, 1.165) is 0 Å². The molecule has 1 aromatic heterocycles. The van der Waals surface area contributed by atoms with Crippen molar-refractivity contribution in [2.75, 3.05) is 13.6 Å². The third-order valence-electron chi connectivity index (χ3n) is 3.28. The molecule has 0 saturated carbocycles. The summed E-state index contributed by atoms with van der Waals surface area (Å²) in [4.78, 5) is 40.1. The molecule has 1 aliphatic heterocycles. The number of nitrogens with zero attached hydrogens (tertiary/aromatic N) is 2. The number of aromatic carboxylic acids is 1. The number of aromatic nitrogens is 1. The zero-order valence-electron chi connectivity index (χ0n) is 11.2. The zero-order valence-corrected chi connectivity index (χ0v) is 11.2. The summed E-state index contributed by atoms with van der Waals surface area (Å²) in [6, 6.07) is 2.14. The molecule has 0 aliphatic carbocycles. The van der Waals surface area contributed by atoms with E-state index in [-0.39, 0.29) is 22.9 Å². The Bertz CT molecular complexity index is 585. The monoisotopic (exact) mass is 277 g/mol. The second-order valence-corrected chi connectivity index (χ2v) is 4.71. The van der Waals surface area contributed by atoms with Gasteiger partial charge in [0.15, 0.2) is 0 Å². The maximum Gasteiger partial charge on any atom is 0.337 e. The highest BCUT2D eigenvalue weighted by molar-refractivity contribution is 5.97. The number of carbonyl (C=O) groups is 3. The van der Waals surface area contributed by atoms with Gasteiger partial charge in [0.2, 0.25) is 5.91 Å². The van der Waals surface area contributed by atoms with E-state index in [1.165, 1.54) is 19.1 Å². The van der Waals surface area contributed by atoms with E-state index in [4.69, 9.17) is 5.11 Å². The molecule has 0 aromatic carbocycles. The summed E-state index contributed by atoms with van der Waals surface area (Å²) in [5, 5.41) is 11.5. The minimum atomic E-state index is -1.09. The van der Waals surface area contributed by atoms with Crippen LogP contribution in [0, 0.1) is 6.92 Å². The van der Waals surface area contributed by atoms with Gasteiger partial charge in [-0.2, -0.15) is 0 Å². The SMILES string of the molecule is Cc1nc(C(=O)NC2CCN(C)C2=O)ccc1C(=O)O. The Kier molecular flexibility index (Phi) is 3.69. The first-order chi connectivity index (χ1) is 9.40. The maximum absolute atomic E-state index is 12.0. The Morgan fingerprint density at radius 1 is 1.45 bits per heavy atom. The van der Waals surface area contributed by atoms with Crippen molar-refractivity contribution < 1.29 is 19.5 Å². The van der Waals surface area contributed by atoms with Crippen molar-refractivity contribution in [1.82, 2.24) is 15.2 Å². The Morgan fingerprint density at radius 2 is 2.15 bits per heavy atom. The van der Waals surface area contributed by atoms with Crippen molar-refractivity contribution in [3.63, 3.8) is 0 Å². The van der Waals surface area contributed by atoms with E-state index >= 15 is 0 Å². The minimum absolute atomic E-state index is 0.0539. The Labute approximate surface area is 115 Å². The van der Waals surface area contributed by atoms with Crippen molar-refractivity contribution in [2.24, 2.45) is 0 Å². The van der Waals surface area contributed by atoms with Crippen LogP contribution < -0.4 is 5.32 Å². The lowest BCUT2D eigenvalue weighted by Crippen LogP contribution is -2.40. The molecule has 2 heterocycles. The van der Waals surface area contributed by atoms with Crippen LogP contribution in [0.5, 0.6) is 0 Å². The lowest BCUT2D eigenvalue weighted by molar-refractivity contribution is -0.128. The van der Waals surface area contributed by atoms with E-state index in [1.54, 1.807) is 11.9 Å². The van der Waals surface area contributed by atoms with Gasteiger partial charge < -0.3 is 15.3 Å². The molecular weight excluding hydrogens is 262 g/mol. The van der Waals surface area contributed by atoms with E-state index in [1.807, 2.05) is 0 Å². The van der Waals surface area contributed by atoms with Crippen molar-refractivity contribution >= 4 is 17.8 Å². The van der Waals surface area contributed by atoms with E-state index < -0.39 is 17.9 Å². The molecule has 1 fully saturated rings. The number of likely N-dealkylation sites (tertiary alicyclic amines) is 1. The third kappa shape index (κ3) is 2.61. The van der Waals surface area contributed by atoms with Gasteiger partial charge in [-0.1, -0.05) is 0 Å².